The third-order valence-corrected chi connectivity index (χ3v) is 9.37. The van der Waals surface area contributed by atoms with Gasteiger partial charge in [-0.15, -0.1) is 0 Å². The Labute approximate surface area is 181 Å². The quantitative estimate of drug-likeness (QED) is 0.247. The fourth-order valence-corrected chi connectivity index (χ4v) is 7.71. The second-order valence-electron chi connectivity index (χ2n) is 9.71. The molecule has 2 aliphatic carbocycles. The highest BCUT2D eigenvalue weighted by atomic mass is 32.2. The van der Waals surface area contributed by atoms with Crippen molar-refractivity contribution in [3.05, 3.63) is 0 Å². The molecule has 0 aromatic carbocycles. The predicted octanol–water partition coefficient (Wildman–Crippen LogP) is 8.50. The van der Waals surface area contributed by atoms with Gasteiger partial charge in [-0.05, 0) is 97.7 Å². The summed E-state index contributed by atoms with van der Waals surface area (Å²) in [7, 11) is 0. The molecular formula is C25H48S2. The lowest BCUT2D eigenvalue weighted by atomic mass is 9.71. The highest BCUT2D eigenvalue weighted by Gasteiger charge is 2.30. The van der Waals surface area contributed by atoms with Gasteiger partial charge in [0, 0.05) is 0 Å². The van der Waals surface area contributed by atoms with Crippen LogP contribution in [0.1, 0.15) is 104 Å². The normalized spacial score (nSPS) is 34.7. The van der Waals surface area contributed by atoms with E-state index in [4.69, 9.17) is 0 Å². The first-order chi connectivity index (χ1) is 13.2. The summed E-state index contributed by atoms with van der Waals surface area (Å²) < 4.78 is 0. The molecule has 2 fully saturated rings. The van der Waals surface area contributed by atoms with E-state index in [1.807, 2.05) is 0 Å². The molecule has 0 heterocycles. The fourth-order valence-electron chi connectivity index (χ4n) is 6.24. The Morgan fingerprint density at radius 3 is 1.89 bits per heavy atom. The van der Waals surface area contributed by atoms with Crippen molar-refractivity contribution < 1.29 is 0 Å². The van der Waals surface area contributed by atoms with Gasteiger partial charge in [0.05, 0.1) is 0 Å². The first kappa shape index (κ1) is 24.0. The summed E-state index contributed by atoms with van der Waals surface area (Å²) in [6.45, 7) is 7.18. The Kier molecular flexibility index (Phi) is 12.3. The van der Waals surface area contributed by atoms with Crippen molar-refractivity contribution in [2.45, 2.75) is 104 Å². The summed E-state index contributed by atoms with van der Waals surface area (Å²) >= 11 is 6.83. The van der Waals surface area contributed by atoms with Gasteiger partial charge in [-0.2, -0.15) is 24.4 Å². The van der Waals surface area contributed by atoms with E-state index >= 15 is 0 Å². The maximum absolute atomic E-state index is 4.56. The predicted molar refractivity (Wildman–Crippen MR) is 129 cm³/mol. The van der Waals surface area contributed by atoms with E-state index in [1.165, 1.54) is 95.0 Å². The Morgan fingerprint density at radius 1 is 0.667 bits per heavy atom. The van der Waals surface area contributed by atoms with Crippen LogP contribution in [-0.4, -0.2) is 17.3 Å². The van der Waals surface area contributed by atoms with Crippen LogP contribution in [-0.2, 0) is 0 Å². The molecule has 2 saturated carbocycles. The number of rotatable bonds is 12. The van der Waals surface area contributed by atoms with E-state index in [9.17, 15) is 0 Å². The van der Waals surface area contributed by atoms with Crippen LogP contribution in [0.5, 0.6) is 0 Å². The van der Waals surface area contributed by atoms with Gasteiger partial charge in [0.2, 0.25) is 0 Å². The molecule has 2 heteroatoms. The molecule has 0 aromatic rings. The average molecular weight is 413 g/mol. The Bertz CT molecular complexity index is 369. The molecule has 6 unspecified atom stereocenters. The summed E-state index contributed by atoms with van der Waals surface area (Å²) in [5, 5.41) is 0. The van der Waals surface area contributed by atoms with Crippen LogP contribution in [0.15, 0.2) is 0 Å². The van der Waals surface area contributed by atoms with Gasteiger partial charge in [0.15, 0.2) is 0 Å². The SMILES string of the molecule is CCCC1CCC(CCSCCC2CCC(CC)CC2CC)C(CCS)C1. The minimum absolute atomic E-state index is 0.974. The largest absolute Gasteiger partial charge is 0.179 e. The topological polar surface area (TPSA) is 0 Å². The molecule has 0 amide bonds. The monoisotopic (exact) mass is 412 g/mol. The van der Waals surface area contributed by atoms with Gasteiger partial charge in [0.25, 0.3) is 0 Å². The van der Waals surface area contributed by atoms with Gasteiger partial charge >= 0.3 is 0 Å². The van der Waals surface area contributed by atoms with Crippen LogP contribution in [0, 0.1) is 35.5 Å². The molecule has 0 aliphatic heterocycles. The van der Waals surface area contributed by atoms with Gasteiger partial charge in [-0.1, -0.05) is 59.3 Å². The first-order valence-corrected chi connectivity index (χ1v) is 14.2. The highest BCUT2D eigenvalue weighted by Crippen LogP contribution is 2.41. The molecule has 0 nitrogen and oxygen atoms in total. The smallest absolute Gasteiger partial charge is 0.00648 e. The molecule has 0 bridgehead atoms. The Hall–Kier alpha value is 0.700. The molecule has 0 spiro atoms. The summed E-state index contributed by atoms with van der Waals surface area (Å²) in [5.41, 5.74) is 0. The van der Waals surface area contributed by atoms with Crippen molar-refractivity contribution in [1.82, 2.24) is 0 Å². The number of thiol groups is 1. The standard InChI is InChI=1S/C25H48S2/c1-4-7-21-9-11-24(25(19-21)12-15-26)14-17-27-16-13-23-10-8-20(5-2)18-22(23)6-3/h20-26H,4-19H2,1-3H3. The highest BCUT2D eigenvalue weighted by molar-refractivity contribution is 7.99. The van der Waals surface area contributed by atoms with Gasteiger partial charge in [-0.25, -0.2) is 0 Å². The van der Waals surface area contributed by atoms with E-state index in [2.05, 4.69) is 45.2 Å². The van der Waals surface area contributed by atoms with Crippen LogP contribution in [0.25, 0.3) is 0 Å². The number of hydrogen-bond donors (Lipinski definition) is 1. The second-order valence-corrected chi connectivity index (χ2v) is 11.4. The van der Waals surface area contributed by atoms with E-state index in [0.717, 1.165) is 41.3 Å². The maximum atomic E-state index is 4.56. The van der Waals surface area contributed by atoms with Gasteiger partial charge in [0.1, 0.15) is 0 Å². The van der Waals surface area contributed by atoms with Crippen LogP contribution in [0.4, 0.5) is 0 Å². The molecule has 0 radical (unpaired) electrons. The van der Waals surface area contributed by atoms with Crippen LogP contribution in [0.2, 0.25) is 0 Å². The van der Waals surface area contributed by atoms with Crippen molar-refractivity contribution in [3.8, 4) is 0 Å². The van der Waals surface area contributed by atoms with Crippen molar-refractivity contribution in [3.63, 3.8) is 0 Å². The molecule has 6 atom stereocenters. The van der Waals surface area contributed by atoms with E-state index < -0.39 is 0 Å². The molecule has 0 aromatic heterocycles. The van der Waals surface area contributed by atoms with Gasteiger partial charge < -0.3 is 0 Å². The lowest BCUT2D eigenvalue weighted by Crippen LogP contribution is -2.26. The zero-order valence-electron chi connectivity index (χ0n) is 18.6. The number of hydrogen-bond acceptors (Lipinski definition) is 2. The summed E-state index contributed by atoms with van der Waals surface area (Å²) in [5.74, 6) is 10.0. The lowest BCUT2D eigenvalue weighted by Gasteiger charge is -2.36. The average Bonchev–Trinajstić information content (AvgIpc) is 2.69. The molecule has 0 N–H and O–H groups in total. The van der Waals surface area contributed by atoms with Gasteiger partial charge in [-0.3, -0.25) is 0 Å². The summed E-state index contributed by atoms with van der Waals surface area (Å²) in [4.78, 5) is 0. The first-order valence-electron chi connectivity index (χ1n) is 12.4. The third-order valence-electron chi connectivity index (χ3n) is 8.06. The molecular weight excluding hydrogens is 364 g/mol. The third kappa shape index (κ3) is 8.15. The van der Waals surface area contributed by atoms with Crippen LogP contribution < -0.4 is 0 Å². The fraction of sp³-hybridized carbons (Fsp3) is 1.00. The molecule has 27 heavy (non-hydrogen) atoms. The van der Waals surface area contributed by atoms with Crippen molar-refractivity contribution in [2.24, 2.45) is 35.5 Å². The second kappa shape index (κ2) is 13.8. The molecule has 2 rings (SSSR count). The zero-order chi connectivity index (χ0) is 19.5. The van der Waals surface area contributed by atoms with Crippen LogP contribution in [0.3, 0.4) is 0 Å². The molecule has 0 saturated heterocycles. The van der Waals surface area contributed by atoms with Crippen LogP contribution >= 0.6 is 24.4 Å². The molecule has 2 aliphatic rings. The van der Waals surface area contributed by atoms with E-state index in [0.29, 0.717) is 0 Å². The molecule has 160 valence electrons. The van der Waals surface area contributed by atoms with Crippen molar-refractivity contribution in [2.75, 3.05) is 17.3 Å². The van der Waals surface area contributed by atoms with E-state index in [1.54, 1.807) is 0 Å². The summed E-state index contributed by atoms with van der Waals surface area (Å²) in [6, 6.07) is 0. The number of thioether (sulfide) groups is 1. The Balaban J connectivity index is 1.64. The minimum atomic E-state index is 0.974. The Morgan fingerprint density at radius 2 is 1.30 bits per heavy atom. The lowest BCUT2D eigenvalue weighted by molar-refractivity contribution is 0.164. The summed E-state index contributed by atoms with van der Waals surface area (Å²) in [6.07, 6.45) is 19.0. The zero-order valence-corrected chi connectivity index (χ0v) is 20.3. The van der Waals surface area contributed by atoms with E-state index in [-0.39, 0.29) is 0 Å². The van der Waals surface area contributed by atoms with Crippen molar-refractivity contribution >= 4 is 24.4 Å². The minimum Gasteiger partial charge on any atom is -0.179 e. The maximum Gasteiger partial charge on any atom is -0.00648 e. The van der Waals surface area contributed by atoms with Crippen molar-refractivity contribution in [1.29, 1.82) is 0 Å².